The van der Waals surface area contributed by atoms with Crippen molar-refractivity contribution in [2.45, 2.75) is 33.0 Å². The van der Waals surface area contributed by atoms with Crippen molar-refractivity contribution < 1.29 is 0 Å². The number of rotatable bonds is 5. The summed E-state index contributed by atoms with van der Waals surface area (Å²) in [7, 11) is 0. The summed E-state index contributed by atoms with van der Waals surface area (Å²) in [5, 5.41) is 8.80. The summed E-state index contributed by atoms with van der Waals surface area (Å²) < 4.78 is 3.91. The van der Waals surface area contributed by atoms with Gasteiger partial charge in [-0.05, 0) is 18.6 Å². The SMILES string of the molecule is CCCn1c(Cn2cc(CN)nn2)nc2cccc(Cl)c21. The predicted molar refractivity (Wildman–Crippen MR) is 82.0 cm³/mol. The second kappa shape index (κ2) is 5.83. The standard InChI is InChI=1S/C14H17ClN6/c1-2-6-21-13(9-20-8-10(7-16)18-19-20)17-12-5-3-4-11(15)14(12)21/h3-5,8H,2,6-7,9,16H2,1H3. The number of halogens is 1. The normalized spacial score (nSPS) is 11.4. The number of imidazole rings is 1. The highest BCUT2D eigenvalue weighted by atomic mass is 35.5. The van der Waals surface area contributed by atoms with Gasteiger partial charge in [-0.2, -0.15) is 0 Å². The molecule has 0 bridgehead atoms. The summed E-state index contributed by atoms with van der Waals surface area (Å²) in [5.74, 6) is 0.924. The first kappa shape index (κ1) is 14.0. The first-order valence-electron chi connectivity index (χ1n) is 6.95. The molecular weight excluding hydrogens is 288 g/mol. The van der Waals surface area contributed by atoms with Crippen molar-refractivity contribution in [3.8, 4) is 0 Å². The zero-order valence-corrected chi connectivity index (χ0v) is 12.6. The van der Waals surface area contributed by atoms with Crippen LogP contribution in [-0.4, -0.2) is 24.5 Å². The van der Waals surface area contributed by atoms with Crippen molar-refractivity contribution in [3.05, 3.63) is 40.9 Å². The minimum Gasteiger partial charge on any atom is -0.325 e. The summed E-state index contributed by atoms with van der Waals surface area (Å²) >= 11 is 6.33. The van der Waals surface area contributed by atoms with Gasteiger partial charge in [-0.15, -0.1) is 5.10 Å². The third kappa shape index (κ3) is 2.64. The monoisotopic (exact) mass is 304 g/mol. The van der Waals surface area contributed by atoms with Gasteiger partial charge in [0.15, 0.2) is 0 Å². The minimum absolute atomic E-state index is 0.386. The summed E-state index contributed by atoms with van der Waals surface area (Å²) in [4.78, 5) is 4.68. The summed E-state index contributed by atoms with van der Waals surface area (Å²) in [6, 6.07) is 5.78. The lowest BCUT2D eigenvalue weighted by Gasteiger charge is -2.08. The molecule has 21 heavy (non-hydrogen) atoms. The van der Waals surface area contributed by atoms with Crippen molar-refractivity contribution in [2.75, 3.05) is 0 Å². The summed E-state index contributed by atoms with van der Waals surface area (Å²) in [6.45, 7) is 3.94. The van der Waals surface area contributed by atoms with Crippen LogP contribution in [0.4, 0.5) is 0 Å². The Morgan fingerprint density at radius 2 is 2.19 bits per heavy atom. The zero-order valence-electron chi connectivity index (χ0n) is 11.8. The average molecular weight is 305 g/mol. The molecule has 2 heterocycles. The Kier molecular flexibility index (Phi) is 3.90. The largest absolute Gasteiger partial charge is 0.325 e. The number of benzene rings is 1. The Morgan fingerprint density at radius 3 is 2.90 bits per heavy atom. The zero-order chi connectivity index (χ0) is 14.8. The Bertz CT molecular complexity index is 760. The van der Waals surface area contributed by atoms with E-state index in [1.807, 2.05) is 24.4 Å². The van der Waals surface area contributed by atoms with Gasteiger partial charge in [0.2, 0.25) is 0 Å². The van der Waals surface area contributed by atoms with Crippen LogP contribution in [0.15, 0.2) is 24.4 Å². The number of para-hydroxylation sites is 1. The minimum atomic E-state index is 0.386. The molecule has 0 fully saturated rings. The average Bonchev–Trinajstić information content (AvgIpc) is 3.06. The van der Waals surface area contributed by atoms with Crippen molar-refractivity contribution in [3.63, 3.8) is 0 Å². The van der Waals surface area contributed by atoms with Crippen LogP contribution in [0, 0.1) is 0 Å². The Balaban J connectivity index is 2.04. The van der Waals surface area contributed by atoms with Gasteiger partial charge in [-0.3, -0.25) is 0 Å². The highest BCUT2D eigenvalue weighted by Gasteiger charge is 2.13. The van der Waals surface area contributed by atoms with Crippen LogP contribution < -0.4 is 5.73 Å². The van der Waals surface area contributed by atoms with E-state index in [4.69, 9.17) is 17.3 Å². The maximum absolute atomic E-state index is 6.33. The van der Waals surface area contributed by atoms with E-state index in [0.29, 0.717) is 13.1 Å². The fourth-order valence-corrected chi connectivity index (χ4v) is 2.70. The molecule has 110 valence electrons. The van der Waals surface area contributed by atoms with Crippen molar-refractivity contribution >= 4 is 22.6 Å². The molecule has 3 rings (SSSR count). The van der Waals surface area contributed by atoms with Gasteiger partial charge in [0, 0.05) is 13.1 Å². The predicted octanol–water partition coefficient (Wildman–Crippen LogP) is 2.20. The molecule has 7 heteroatoms. The van der Waals surface area contributed by atoms with E-state index in [1.54, 1.807) is 4.68 Å². The van der Waals surface area contributed by atoms with Crippen LogP contribution in [-0.2, 0) is 19.6 Å². The Hall–Kier alpha value is -1.92. The van der Waals surface area contributed by atoms with Gasteiger partial charge in [-0.1, -0.05) is 29.8 Å². The number of aromatic nitrogens is 5. The van der Waals surface area contributed by atoms with Gasteiger partial charge in [0.1, 0.15) is 12.4 Å². The lowest BCUT2D eigenvalue weighted by Crippen LogP contribution is -2.09. The van der Waals surface area contributed by atoms with Gasteiger partial charge in [-0.25, -0.2) is 9.67 Å². The summed E-state index contributed by atoms with van der Waals surface area (Å²) in [5.41, 5.74) is 8.22. The quantitative estimate of drug-likeness (QED) is 0.784. The fraction of sp³-hybridized carbons (Fsp3) is 0.357. The molecule has 0 aliphatic carbocycles. The molecule has 1 aromatic carbocycles. The van der Waals surface area contributed by atoms with E-state index in [2.05, 4.69) is 26.8 Å². The second-order valence-corrected chi connectivity index (χ2v) is 5.31. The molecule has 0 aliphatic heterocycles. The Labute approximate surface area is 127 Å². The number of nitrogens with zero attached hydrogens (tertiary/aromatic N) is 5. The van der Waals surface area contributed by atoms with E-state index in [1.165, 1.54) is 0 Å². The maximum atomic E-state index is 6.33. The van der Waals surface area contributed by atoms with E-state index < -0.39 is 0 Å². The highest BCUT2D eigenvalue weighted by Crippen LogP contribution is 2.25. The molecule has 0 amide bonds. The van der Waals surface area contributed by atoms with Gasteiger partial charge < -0.3 is 10.3 Å². The molecule has 0 spiro atoms. The van der Waals surface area contributed by atoms with E-state index in [9.17, 15) is 0 Å². The van der Waals surface area contributed by atoms with Crippen LogP contribution in [0.2, 0.25) is 5.02 Å². The van der Waals surface area contributed by atoms with E-state index >= 15 is 0 Å². The van der Waals surface area contributed by atoms with Gasteiger partial charge >= 0.3 is 0 Å². The molecule has 6 nitrogen and oxygen atoms in total. The topological polar surface area (TPSA) is 74.5 Å². The van der Waals surface area contributed by atoms with Crippen LogP contribution in [0.25, 0.3) is 11.0 Å². The smallest absolute Gasteiger partial charge is 0.131 e. The number of hydrogen-bond donors (Lipinski definition) is 1. The van der Waals surface area contributed by atoms with Crippen LogP contribution in [0.1, 0.15) is 24.9 Å². The fourth-order valence-electron chi connectivity index (χ4n) is 2.43. The van der Waals surface area contributed by atoms with Crippen molar-refractivity contribution in [2.24, 2.45) is 5.73 Å². The number of aryl methyl sites for hydroxylation is 1. The molecule has 0 saturated carbocycles. The molecule has 2 N–H and O–H groups in total. The Morgan fingerprint density at radius 1 is 1.33 bits per heavy atom. The molecule has 0 radical (unpaired) electrons. The van der Waals surface area contributed by atoms with E-state index in [0.717, 1.165) is 40.5 Å². The lowest BCUT2D eigenvalue weighted by atomic mass is 10.3. The van der Waals surface area contributed by atoms with Crippen LogP contribution in [0.5, 0.6) is 0 Å². The molecule has 0 saturated heterocycles. The molecule has 0 unspecified atom stereocenters. The van der Waals surface area contributed by atoms with Crippen molar-refractivity contribution in [1.82, 2.24) is 24.5 Å². The number of hydrogen-bond acceptors (Lipinski definition) is 4. The molecule has 0 aliphatic rings. The first-order valence-corrected chi connectivity index (χ1v) is 7.33. The number of nitrogens with two attached hydrogens (primary N) is 1. The third-order valence-electron chi connectivity index (χ3n) is 3.34. The van der Waals surface area contributed by atoms with Crippen LogP contribution >= 0.6 is 11.6 Å². The third-order valence-corrected chi connectivity index (χ3v) is 3.65. The van der Waals surface area contributed by atoms with Crippen LogP contribution in [0.3, 0.4) is 0 Å². The summed E-state index contributed by atoms with van der Waals surface area (Å²) in [6.07, 6.45) is 2.85. The number of fused-ring (bicyclic) bond motifs is 1. The van der Waals surface area contributed by atoms with Gasteiger partial charge in [0.25, 0.3) is 0 Å². The maximum Gasteiger partial charge on any atom is 0.131 e. The van der Waals surface area contributed by atoms with Crippen molar-refractivity contribution in [1.29, 1.82) is 0 Å². The molecular formula is C14H17ClN6. The second-order valence-electron chi connectivity index (χ2n) is 4.90. The molecule has 0 atom stereocenters. The lowest BCUT2D eigenvalue weighted by molar-refractivity contribution is 0.578. The highest BCUT2D eigenvalue weighted by molar-refractivity contribution is 6.35. The first-order chi connectivity index (χ1) is 10.2. The van der Waals surface area contributed by atoms with E-state index in [-0.39, 0.29) is 0 Å². The molecule has 3 aromatic rings. The van der Waals surface area contributed by atoms with Gasteiger partial charge in [0.05, 0.1) is 27.9 Å². The molecule has 2 aromatic heterocycles.